The highest BCUT2D eigenvalue weighted by Crippen LogP contribution is 2.32. The normalized spacial score (nSPS) is 22.0. The largest absolute Gasteiger partial charge is 0.489 e. The Kier molecular flexibility index (Phi) is 4.94. The maximum Gasteiger partial charge on any atom is 0.119 e. The van der Waals surface area contributed by atoms with Gasteiger partial charge in [-0.05, 0) is 36.1 Å². The van der Waals surface area contributed by atoms with E-state index in [2.05, 4.69) is 40.2 Å². The van der Waals surface area contributed by atoms with Crippen molar-refractivity contribution >= 4 is 15.9 Å². The second-order valence-corrected chi connectivity index (χ2v) is 6.62. The lowest BCUT2D eigenvalue weighted by atomic mass is 10.0. The van der Waals surface area contributed by atoms with Crippen molar-refractivity contribution in [2.24, 2.45) is 0 Å². The molecule has 21 heavy (non-hydrogen) atoms. The molecule has 2 aromatic carbocycles. The molecule has 3 rings (SSSR count). The molecule has 0 saturated carbocycles. The smallest absolute Gasteiger partial charge is 0.119 e. The van der Waals surface area contributed by atoms with E-state index in [1.54, 1.807) is 0 Å². The van der Waals surface area contributed by atoms with Crippen molar-refractivity contribution < 1.29 is 9.47 Å². The van der Waals surface area contributed by atoms with Crippen molar-refractivity contribution in [2.75, 3.05) is 6.61 Å². The lowest BCUT2D eigenvalue weighted by Crippen LogP contribution is -2.19. The predicted octanol–water partition coefficient (Wildman–Crippen LogP) is 4.88. The lowest BCUT2D eigenvalue weighted by Gasteiger charge is -2.26. The summed E-state index contributed by atoms with van der Waals surface area (Å²) in [4.78, 5) is 0.560. The van der Waals surface area contributed by atoms with Crippen LogP contribution in [0.1, 0.15) is 30.1 Å². The fraction of sp³-hybridized carbons (Fsp3) is 0.333. The van der Waals surface area contributed by atoms with E-state index in [4.69, 9.17) is 9.47 Å². The van der Waals surface area contributed by atoms with Crippen LogP contribution in [-0.4, -0.2) is 11.4 Å². The van der Waals surface area contributed by atoms with Gasteiger partial charge in [0.15, 0.2) is 0 Å². The van der Waals surface area contributed by atoms with Gasteiger partial charge >= 0.3 is 0 Å². The molecule has 0 aliphatic carbocycles. The third kappa shape index (κ3) is 4.08. The van der Waals surface area contributed by atoms with E-state index in [1.165, 1.54) is 11.1 Å². The minimum Gasteiger partial charge on any atom is -0.489 e. The van der Waals surface area contributed by atoms with Gasteiger partial charge in [0.1, 0.15) is 12.4 Å². The summed E-state index contributed by atoms with van der Waals surface area (Å²) in [7, 11) is 0. The molecule has 0 spiro atoms. The minimum absolute atomic E-state index is 0.200. The van der Waals surface area contributed by atoms with Crippen molar-refractivity contribution in [3.05, 3.63) is 65.7 Å². The fourth-order valence-electron chi connectivity index (χ4n) is 2.51. The van der Waals surface area contributed by atoms with Crippen LogP contribution in [0.4, 0.5) is 0 Å². The van der Waals surface area contributed by atoms with Gasteiger partial charge in [-0.25, -0.2) is 0 Å². The monoisotopic (exact) mass is 346 g/mol. The first kappa shape index (κ1) is 14.6. The van der Waals surface area contributed by atoms with Crippen molar-refractivity contribution in [3.8, 4) is 5.75 Å². The highest BCUT2D eigenvalue weighted by Gasteiger charge is 2.21. The topological polar surface area (TPSA) is 18.5 Å². The van der Waals surface area contributed by atoms with Crippen LogP contribution in [0.5, 0.6) is 5.75 Å². The van der Waals surface area contributed by atoms with E-state index >= 15 is 0 Å². The highest BCUT2D eigenvalue weighted by molar-refractivity contribution is 9.09. The summed E-state index contributed by atoms with van der Waals surface area (Å²) in [6, 6.07) is 18.5. The zero-order valence-corrected chi connectivity index (χ0v) is 13.5. The Morgan fingerprint density at radius 1 is 1.05 bits per heavy atom. The van der Waals surface area contributed by atoms with Gasteiger partial charge in [0.05, 0.1) is 6.10 Å². The Morgan fingerprint density at radius 3 is 2.52 bits per heavy atom. The first-order valence-electron chi connectivity index (χ1n) is 7.33. The van der Waals surface area contributed by atoms with Gasteiger partial charge in [0.25, 0.3) is 0 Å². The van der Waals surface area contributed by atoms with Crippen LogP contribution in [-0.2, 0) is 11.3 Å². The van der Waals surface area contributed by atoms with Crippen molar-refractivity contribution in [3.63, 3.8) is 0 Å². The standard InChI is InChI=1S/C18H19BrO2/c19-16-10-11-20-18(12-16)15-6-8-17(9-7-15)21-13-14-4-2-1-3-5-14/h1-9,16,18H,10-13H2. The number of hydrogen-bond acceptors (Lipinski definition) is 2. The van der Waals surface area contributed by atoms with E-state index in [1.807, 2.05) is 30.3 Å². The van der Waals surface area contributed by atoms with Gasteiger partial charge in [-0.15, -0.1) is 0 Å². The first-order chi connectivity index (χ1) is 10.3. The van der Waals surface area contributed by atoms with Gasteiger partial charge in [-0.1, -0.05) is 58.4 Å². The Morgan fingerprint density at radius 2 is 1.81 bits per heavy atom. The zero-order chi connectivity index (χ0) is 14.5. The number of benzene rings is 2. The second-order valence-electron chi connectivity index (χ2n) is 5.32. The second kappa shape index (κ2) is 7.10. The van der Waals surface area contributed by atoms with Crippen LogP contribution >= 0.6 is 15.9 Å². The summed E-state index contributed by atoms with van der Waals surface area (Å²) in [5.41, 5.74) is 2.41. The molecule has 0 amide bonds. The number of rotatable bonds is 4. The quantitative estimate of drug-likeness (QED) is 0.734. The number of alkyl halides is 1. The molecule has 2 aromatic rings. The number of hydrogen-bond donors (Lipinski definition) is 0. The molecule has 2 nitrogen and oxygen atoms in total. The predicted molar refractivity (Wildman–Crippen MR) is 87.9 cm³/mol. The van der Waals surface area contributed by atoms with Crippen LogP contribution in [0.2, 0.25) is 0 Å². The van der Waals surface area contributed by atoms with Crippen LogP contribution in [0.3, 0.4) is 0 Å². The Bertz CT molecular complexity index is 553. The molecule has 2 unspecified atom stereocenters. The minimum atomic E-state index is 0.200. The third-order valence-electron chi connectivity index (χ3n) is 3.72. The van der Waals surface area contributed by atoms with Crippen molar-refractivity contribution in [2.45, 2.75) is 30.4 Å². The molecular weight excluding hydrogens is 328 g/mol. The fourth-order valence-corrected chi connectivity index (χ4v) is 3.03. The summed E-state index contributed by atoms with van der Waals surface area (Å²) in [6.07, 6.45) is 2.32. The Hall–Kier alpha value is -1.32. The number of ether oxygens (including phenoxy) is 2. The van der Waals surface area contributed by atoms with Crippen LogP contribution < -0.4 is 4.74 Å². The highest BCUT2D eigenvalue weighted by atomic mass is 79.9. The van der Waals surface area contributed by atoms with Crippen molar-refractivity contribution in [1.29, 1.82) is 0 Å². The van der Waals surface area contributed by atoms with Gasteiger partial charge in [-0.3, -0.25) is 0 Å². The molecule has 0 N–H and O–H groups in total. The van der Waals surface area contributed by atoms with E-state index < -0.39 is 0 Å². The molecule has 3 heteroatoms. The van der Waals surface area contributed by atoms with Gasteiger partial charge in [-0.2, -0.15) is 0 Å². The van der Waals surface area contributed by atoms with Crippen LogP contribution in [0.25, 0.3) is 0 Å². The summed E-state index contributed by atoms with van der Waals surface area (Å²) < 4.78 is 11.6. The Labute approximate surface area is 134 Å². The molecular formula is C18H19BrO2. The molecule has 1 saturated heterocycles. The van der Waals surface area contributed by atoms with Gasteiger partial charge < -0.3 is 9.47 Å². The van der Waals surface area contributed by atoms with Crippen LogP contribution in [0, 0.1) is 0 Å². The molecule has 0 bridgehead atoms. The molecule has 1 heterocycles. The van der Waals surface area contributed by atoms with Gasteiger partial charge in [0.2, 0.25) is 0 Å². The molecule has 1 aliphatic heterocycles. The van der Waals surface area contributed by atoms with Crippen molar-refractivity contribution in [1.82, 2.24) is 0 Å². The van der Waals surface area contributed by atoms with E-state index in [9.17, 15) is 0 Å². The average Bonchev–Trinajstić information content (AvgIpc) is 2.54. The average molecular weight is 347 g/mol. The molecule has 0 aromatic heterocycles. The summed E-state index contributed by atoms with van der Waals surface area (Å²) >= 11 is 3.69. The van der Waals surface area contributed by atoms with E-state index in [0.717, 1.165) is 25.2 Å². The molecule has 1 aliphatic rings. The maximum absolute atomic E-state index is 5.83. The molecule has 2 atom stereocenters. The first-order valence-corrected chi connectivity index (χ1v) is 8.25. The zero-order valence-electron chi connectivity index (χ0n) is 11.9. The maximum atomic E-state index is 5.83. The molecule has 0 radical (unpaired) electrons. The third-order valence-corrected chi connectivity index (χ3v) is 4.55. The van der Waals surface area contributed by atoms with E-state index in [0.29, 0.717) is 11.4 Å². The van der Waals surface area contributed by atoms with Crippen LogP contribution in [0.15, 0.2) is 54.6 Å². The van der Waals surface area contributed by atoms with Gasteiger partial charge in [0, 0.05) is 11.4 Å². The SMILES string of the molecule is BrC1CCOC(c2ccc(OCc3ccccc3)cc2)C1. The molecule has 110 valence electrons. The summed E-state index contributed by atoms with van der Waals surface area (Å²) in [5, 5.41) is 0. The van der Waals surface area contributed by atoms with E-state index in [-0.39, 0.29) is 6.10 Å². The summed E-state index contributed by atoms with van der Waals surface area (Å²) in [5.74, 6) is 0.897. The molecule has 1 fully saturated rings. The summed E-state index contributed by atoms with van der Waals surface area (Å²) in [6.45, 7) is 1.43. The number of halogens is 1. The lowest BCUT2D eigenvalue weighted by molar-refractivity contribution is 0.0187. The Balaban J connectivity index is 1.59.